The van der Waals surface area contributed by atoms with E-state index in [9.17, 15) is 9.59 Å². The lowest BCUT2D eigenvalue weighted by atomic mass is 10.0. The predicted molar refractivity (Wildman–Crippen MR) is 132 cm³/mol. The average Bonchev–Trinajstić information content (AvgIpc) is 3.20. The Labute approximate surface area is 199 Å². The Balaban J connectivity index is 1.70. The Hall–Kier alpha value is -3.13. The number of hydrogen-bond acceptors (Lipinski definition) is 5. The van der Waals surface area contributed by atoms with E-state index in [1.165, 1.54) is 11.8 Å². The lowest BCUT2D eigenvalue weighted by Gasteiger charge is -2.22. The van der Waals surface area contributed by atoms with Crippen LogP contribution in [-0.2, 0) is 11.3 Å². The van der Waals surface area contributed by atoms with Crippen molar-refractivity contribution < 1.29 is 9.59 Å². The van der Waals surface area contributed by atoms with Crippen molar-refractivity contribution in [2.24, 2.45) is 5.92 Å². The van der Waals surface area contributed by atoms with Gasteiger partial charge in [0.2, 0.25) is 5.91 Å². The molecule has 174 valence electrons. The van der Waals surface area contributed by atoms with E-state index in [0.29, 0.717) is 23.1 Å². The Bertz CT molecular complexity index is 1090. The number of carbonyl (C=O) groups is 2. The topological polar surface area (TPSA) is 88.9 Å². The highest BCUT2D eigenvalue weighted by Gasteiger charge is 2.26. The summed E-state index contributed by atoms with van der Waals surface area (Å²) >= 11 is 1.33. The second-order valence-electron chi connectivity index (χ2n) is 8.35. The van der Waals surface area contributed by atoms with Crippen LogP contribution in [0.5, 0.6) is 0 Å². The molecule has 0 aliphatic rings. The first-order valence-corrected chi connectivity index (χ1v) is 12.1. The van der Waals surface area contributed by atoms with Gasteiger partial charge in [-0.25, -0.2) is 0 Å². The second-order valence-corrected chi connectivity index (χ2v) is 9.29. The minimum atomic E-state index is -0.304. The molecule has 2 N–H and O–H groups in total. The first-order chi connectivity index (χ1) is 15.8. The molecule has 1 aromatic heterocycles. The zero-order valence-electron chi connectivity index (χ0n) is 19.8. The van der Waals surface area contributed by atoms with Crippen LogP contribution in [0.3, 0.4) is 0 Å². The van der Waals surface area contributed by atoms with Crippen molar-refractivity contribution in [1.82, 2.24) is 20.1 Å². The van der Waals surface area contributed by atoms with Gasteiger partial charge >= 0.3 is 0 Å². The molecule has 0 saturated carbocycles. The van der Waals surface area contributed by atoms with Gasteiger partial charge in [-0.15, -0.1) is 10.2 Å². The first-order valence-electron chi connectivity index (χ1n) is 11.1. The molecule has 8 heteroatoms. The maximum absolute atomic E-state index is 12.8. The normalized spacial score (nSPS) is 11.9. The van der Waals surface area contributed by atoms with Crippen molar-refractivity contribution in [2.45, 2.75) is 52.4 Å². The average molecular weight is 466 g/mol. The number of carbonyl (C=O) groups excluding carboxylic acids is 2. The Kier molecular flexibility index (Phi) is 8.27. The third kappa shape index (κ3) is 6.44. The Morgan fingerprint density at radius 3 is 2.15 bits per heavy atom. The molecule has 0 radical (unpaired) electrons. The van der Waals surface area contributed by atoms with Gasteiger partial charge in [-0.2, -0.15) is 0 Å². The van der Waals surface area contributed by atoms with Gasteiger partial charge in [0.15, 0.2) is 11.0 Å². The molecule has 2 aromatic carbocycles. The summed E-state index contributed by atoms with van der Waals surface area (Å²) in [5.41, 5.74) is 3.62. The number of rotatable bonds is 9. The number of aromatic nitrogens is 3. The maximum Gasteiger partial charge on any atom is 0.251 e. The largest absolute Gasteiger partial charge is 0.342 e. The number of nitrogens with zero attached hydrogens (tertiary/aromatic N) is 3. The summed E-state index contributed by atoms with van der Waals surface area (Å²) in [6.45, 7) is 10.7. The van der Waals surface area contributed by atoms with Crippen LogP contribution in [0.2, 0.25) is 0 Å². The van der Waals surface area contributed by atoms with E-state index in [1.807, 2.05) is 87.7 Å². The minimum absolute atomic E-state index is 0.107. The van der Waals surface area contributed by atoms with Crippen LogP contribution < -0.4 is 10.6 Å². The van der Waals surface area contributed by atoms with Crippen molar-refractivity contribution in [3.05, 3.63) is 71.0 Å². The summed E-state index contributed by atoms with van der Waals surface area (Å²) < 4.78 is 1.96. The van der Waals surface area contributed by atoms with Crippen LogP contribution in [0.15, 0.2) is 53.7 Å². The molecule has 3 aromatic rings. The van der Waals surface area contributed by atoms with E-state index >= 15 is 0 Å². The van der Waals surface area contributed by atoms with E-state index in [1.54, 1.807) is 0 Å². The number of amides is 2. The van der Waals surface area contributed by atoms with Crippen LogP contribution in [-0.4, -0.2) is 32.3 Å². The third-order valence-corrected chi connectivity index (χ3v) is 6.24. The van der Waals surface area contributed by atoms with Gasteiger partial charge in [0.1, 0.15) is 0 Å². The number of thioether (sulfide) groups is 1. The second kappa shape index (κ2) is 11.1. The predicted octanol–water partition coefficient (Wildman–Crippen LogP) is 4.77. The highest BCUT2D eigenvalue weighted by Crippen LogP contribution is 2.25. The number of benzene rings is 2. The highest BCUT2D eigenvalue weighted by molar-refractivity contribution is 7.99. The Morgan fingerprint density at radius 2 is 1.58 bits per heavy atom. The molecule has 1 atom stereocenters. The number of aryl methyl sites for hydroxylation is 2. The zero-order chi connectivity index (χ0) is 24.0. The maximum atomic E-state index is 12.8. The molecule has 0 saturated heterocycles. The SMILES string of the molecule is CCn1c(SCC(=O)Nc2ccc(C)cc2)nnc1[C@H](NC(=O)c1ccc(C)cc1)C(C)C. The third-order valence-electron chi connectivity index (χ3n) is 5.27. The van der Waals surface area contributed by atoms with Gasteiger partial charge < -0.3 is 15.2 Å². The van der Waals surface area contributed by atoms with Crippen molar-refractivity contribution in [3.63, 3.8) is 0 Å². The van der Waals surface area contributed by atoms with E-state index in [4.69, 9.17) is 0 Å². The standard InChI is InChI=1S/C25H31N5O2S/c1-6-30-23(22(16(2)3)27-24(32)19-11-7-17(4)8-12-19)28-29-25(30)33-15-21(31)26-20-13-9-18(5)10-14-20/h7-14,16,22H,6,15H2,1-5H3,(H,26,31)(H,27,32)/t22-/m1/s1. The van der Waals surface area contributed by atoms with Gasteiger partial charge in [0.25, 0.3) is 5.91 Å². The fraction of sp³-hybridized carbons (Fsp3) is 0.360. The molecule has 33 heavy (non-hydrogen) atoms. The van der Waals surface area contributed by atoms with Crippen molar-refractivity contribution in [1.29, 1.82) is 0 Å². The number of anilines is 1. The molecule has 0 unspecified atom stereocenters. The van der Waals surface area contributed by atoms with Gasteiger partial charge in [-0.3, -0.25) is 9.59 Å². The summed E-state index contributed by atoms with van der Waals surface area (Å²) in [6.07, 6.45) is 0. The molecule has 0 aliphatic heterocycles. The van der Waals surface area contributed by atoms with E-state index < -0.39 is 0 Å². The lowest BCUT2D eigenvalue weighted by Crippen LogP contribution is -2.33. The van der Waals surface area contributed by atoms with Crippen molar-refractivity contribution in [3.8, 4) is 0 Å². The van der Waals surface area contributed by atoms with Gasteiger partial charge in [0, 0.05) is 17.8 Å². The van der Waals surface area contributed by atoms with Gasteiger partial charge in [0.05, 0.1) is 11.8 Å². The van der Waals surface area contributed by atoms with Crippen LogP contribution in [0.4, 0.5) is 5.69 Å². The Morgan fingerprint density at radius 1 is 0.970 bits per heavy atom. The summed E-state index contributed by atoms with van der Waals surface area (Å²) in [5.74, 6) is 0.759. The number of nitrogens with one attached hydrogen (secondary N) is 2. The van der Waals surface area contributed by atoms with Crippen LogP contribution >= 0.6 is 11.8 Å². The van der Waals surface area contributed by atoms with E-state index in [2.05, 4.69) is 20.8 Å². The molecule has 0 fully saturated rings. The molecule has 7 nitrogen and oxygen atoms in total. The molecule has 3 rings (SSSR count). The lowest BCUT2D eigenvalue weighted by molar-refractivity contribution is -0.113. The van der Waals surface area contributed by atoms with Crippen molar-refractivity contribution in [2.75, 3.05) is 11.1 Å². The van der Waals surface area contributed by atoms with Crippen molar-refractivity contribution >= 4 is 29.3 Å². The quantitative estimate of drug-likeness (QED) is 0.444. The number of hydrogen-bond donors (Lipinski definition) is 2. The fourth-order valence-electron chi connectivity index (χ4n) is 3.36. The molecule has 0 aliphatic carbocycles. The van der Waals surface area contributed by atoms with Crippen LogP contribution in [0.1, 0.15) is 54.1 Å². The molecule has 1 heterocycles. The molecular formula is C25H31N5O2S. The smallest absolute Gasteiger partial charge is 0.251 e. The van der Waals surface area contributed by atoms with Gasteiger partial charge in [-0.05, 0) is 51.0 Å². The van der Waals surface area contributed by atoms with E-state index in [-0.39, 0.29) is 29.5 Å². The summed E-state index contributed by atoms with van der Waals surface area (Å²) in [7, 11) is 0. The fourth-order valence-corrected chi connectivity index (χ4v) is 4.17. The zero-order valence-corrected chi connectivity index (χ0v) is 20.6. The van der Waals surface area contributed by atoms with Crippen LogP contribution in [0.25, 0.3) is 0 Å². The molecular weight excluding hydrogens is 434 g/mol. The minimum Gasteiger partial charge on any atom is -0.342 e. The monoisotopic (exact) mass is 465 g/mol. The summed E-state index contributed by atoms with van der Waals surface area (Å²) in [5, 5.41) is 15.4. The first kappa shape index (κ1) is 24.5. The molecule has 0 bridgehead atoms. The van der Waals surface area contributed by atoms with Crippen LogP contribution in [0, 0.1) is 19.8 Å². The van der Waals surface area contributed by atoms with E-state index in [0.717, 1.165) is 16.8 Å². The van der Waals surface area contributed by atoms with Gasteiger partial charge in [-0.1, -0.05) is 61.0 Å². The molecule has 0 spiro atoms. The summed E-state index contributed by atoms with van der Waals surface area (Å²) in [6, 6.07) is 14.9. The molecule has 2 amide bonds. The summed E-state index contributed by atoms with van der Waals surface area (Å²) in [4.78, 5) is 25.2. The highest BCUT2D eigenvalue weighted by atomic mass is 32.2.